The summed E-state index contributed by atoms with van der Waals surface area (Å²) < 4.78 is 38.8. The van der Waals surface area contributed by atoms with Crippen LogP contribution in [0.4, 0.5) is 5.69 Å². The van der Waals surface area contributed by atoms with Gasteiger partial charge in [0.15, 0.2) is 6.29 Å². The molecule has 1 heterocycles. The van der Waals surface area contributed by atoms with E-state index in [1.165, 1.54) is 6.07 Å². The minimum Gasteiger partial charge on any atom is -0.374 e. The van der Waals surface area contributed by atoms with Gasteiger partial charge in [0.25, 0.3) is 5.69 Å². The third-order valence-corrected chi connectivity index (χ3v) is 7.58. The molecule has 9 heteroatoms. The predicted molar refractivity (Wildman–Crippen MR) is 173 cm³/mol. The minimum atomic E-state index is -0.856. The van der Waals surface area contributed by atoms with Gasteiger partial charge in [0, 0.05) is 6.07 Å². The second-order valence-corrected chi connectivity index (χ2v) is 11.4. The van der Waals surface area contributed by atoms with Gasteiger partial charge in [-0.3, -0.25) is 10.1 Å². The summed E-state index contributed by atoms with van der Waals surface area (Å²) in [6.45, 7) is 5.00. The van der Waals surface area contributed by atoms with E-state index in [9.17, 15) is 10.1 Å². The van der Waals surface area contributed by atoms with Gasteiger partial charge in [0.2, 0.25) is 0 Å². The lowest BCUT2D eigenvalue weighted by Crippen LogP contribution is -2.62. The fourth-order valence-corrected chi connectivity index (χ4v) is 5.36. The molecule has 0 aromatic heterocycles. The maximum absolute atomic E-state index is 11.8. The molecule has 1 fully saturated rings. The summed E-state index contributed by atoms with van der Waals surface area (Å²) in [4.78, 5) is 11.4. The number of nitro groups is 1. The fourth-order valence-electron chi connectivity index (χ4n) is 5.36. The van der Waals surface area contributed by atoms with Gasteiger partial charge in [-0.15, -0.1) is 0 Å². The van der Waals surface area contributed by atoms with Gasteiger partial charge >= 0.3 is 0 Å². The van der Waals surface area contributed by atoms with Crippen LogP contribution in [0.2, 0.25) is 0 Å². The zero-order chi connectivity index (χ0) is 32.1. The molecule has 0 unspecified atom stereocenters. The van der Waals surface area contributed by atoms with Crippen LogP contribution in [-0.2, 0) is 54.8 Å². The molecule has 5 atom stereocenters. The van der Waals surface area contributed by atoms with Crippen LogP contribution in [0.1, 0.15) is 36.1 Å². The van der Waals surface area contributed by atoms with Crippen molar-refractivity contribution in [3.05, 3.63) is 148 Å². The normalized spacial score (nSPS) is 21.3. The topological polar surface area (TPSA) is 98.5 Å². The van der Waals surface area contributed by atoms with E-state index in [-0.39, 0.29) is 31.6 Å². The molecule has 0 bridgehead atoms. The summed E-state index contributed by atoms with van der Waals surface area (Å²) in [5, 5.41) is 11.8. The monoisotopic (exact) mass is 627 g/mol. The lowest BCUT2D eigenvalue weighted by atomic mass is 9.97. The average Bonchev–Trinajstić information content (AvgIpc) is 3.07. The first-order valence-corrected chi connectivity index (χ1v) is 15.6. The van der Waals surface area contributed by atoms with Crippen molar-refractivity contribution >= 4 is 5.69 Å². The van der Waals surface area contributed by atoms with E-state index >= 15 is 0 Å². The number of hydrogen-bond acceptors (Lipinski definition) is 8. The number of ether oxygens (including phenoxy) is 6. The third kappa shape index (κ3) is 9.53. The molecule has 0 radical (unpaired) electrons. The molecule has 4 aromatic rings. The van der Waals surface area contributed by atoms with Crippen molar-refractivity contribution in [2.45, 2.75) is 77.1 Å². The Morgan fingerprint density at radius 1 is 0.652 bits per heavy atom. The summed E-state index contributed by atoms with van der Waals surface area (Å²) in [5.41, 5.74) is 3.43. The molecule has 4 aromatic carbocycles. The summed E-state index contributed by atoms with van der Waals surface area (Å²) in [7, 11) is 0. The Morgan fingerprint density at radius 3 is 1.72 bits per heavy atom. The first-order chi connectivity index (χ1) is 22.5. The minimum absolute atomic E-state index is 0.0219. The van der Waals surface area contributed by atoms with Crippen LogP contribution in [-0.4, -0.2) is 48.3 Å². The number of benzene rings is 4. The van der Waals surface area contributed by atoms with E-state index in [2.05, 4.69) is 0 Å². The van der Waals surface area contributed by atoms with Crippen molar-refractivity contribution in [3.63, 3.8) is 0 Å². The van der Waals surface area contributed by atoms with Crippen molar-refractivity contribution in [2.24, 2.45) is 0 Å². The van der Waals surface area contributed by atoms with Crippen molar-refractivity contribution < 1.29 is 33.3 Å². The molecule has 9 nitrogen and oxygen atoms in total. The SMILES string of the molecule is CC(C)O[C@@H]1O[C@H](COCc2ccccc2)[C@@H](OCc2ccccc2)[C@H](OCc2ccccc2)[C@H]1OCc1ccccc1[N+](=O)[O-]. The number of nitrogens with zero attached hydrogens (tertiary/aromatic N) is 1. The van der Waals surface area contributed by atoms with Crippen molar-refractivity contribution in [1.29, 1.82) is 0 Å². The summed E-state index contributed by atoms with van der Waals surface area (Å²) >= 11 is 0. The summed E-state index contributed by atoms with van der Waals surface area (Å²) in [5.74, 6) is 0. The Labute approximate surface area is 270 Å². The lowest BCUT2D eigenvalue weighted by Gasteiger charge is -2.46. The highest BCUT2D eigenvalue weighted by Crippen LogP contribution is 2.33. The molecular formula is C37H41NO8. The number of rotatable bonds is 16. The summed E-state index contributed by atoms with van der Waals surface area (Å²) in [6.07, 6.45) is -3.70. The number of nitro benzene ring substituents is 1. The van der Waals surface area contributed by atoms with E-state index in [0.29, 0.717) is 18.8 Å². The van der Waals surface area contributed by atoms with Crippen LogP contribution in [0.5, 0.6) is 0 Å². The first-order valence-electron chi connectivity index (χ1n) is 15.6. The first kappa shape index (κ1) is 33.4. The second-order valence-electron chi connectivity index (χ2n) is 11.4. The molecule has 0 spiro atoms. The molecule has 1 aliphatic heterocycles. The molecular weight excluding hydrogens is 586 g/mol. The van der Waals surface area contributed by atoms with Crippen molar-refractivity contribution in [2.75, 3.05) is 6.61 Å². The van der Waals surface area contributed by atoms with E-state index in [1.54, 1.807) is 18.2 Å². The van der Waals surface area contributed by atoms with Gasteiger partial charge in [-0.1, -0.05) is 103 Å². The maximum atomic E-state index is 11.8. The van der Waals surface area contributed by atoms with Crippen LogP contribution in [0.15, 0.2) is 115 Å². The van der Waals surface area contributed by atoms with E-state index in [0.717, 1.165) is 16.7 Å². The fraction of sp³-hybridized carbons (Fsp3) is 0.351. The molecule has 0 saturated carbocycles. The molecule has 5 rings (SSSR count). The second kappa shape index (κ2) is 17.1. The molecule has 0 N–H and O–H groups in total. The van der Waals surface area contributed by atoms with Gasteiger partial charge in [-0.25, -0.2) is 0 Å². The Bertz CT molecular complexity index is 1470. The smallest absolute Gasteiger partial charge is 0.274 e. The highest BCUT2D eigenvalue weighted by Gasteiger charge is 2.49. The van der Waals surface area contributed by atoms with Gasteiger partial charge < -0.3 is 28.4 Å². The van der Waals surface area contributed by atoms with Crippen molar-refractivity contribution in [3.8, 4) is 0 Å². The van der Waals surface area contributed by atoms with Crippen molar-refractivity contribution in [1.82, 2.24) is 0 Å². The predicted octanol–water partition coefficient (Wildman–Crippen LogP) is 7.02. The zero-order valence-corrected chi connectivity index (χ0v) is 26.2. The average molecular weight is 628 g/mol. The van der Waals surface area contributed by atoms with E-state index < -0.39 is 35.6 Å². The Kier molecular flexibility index (Phi) is 12.4. The van der Waals surface area contributed by atoms with Crippen LogP contribution >= 0.6 is 0 Å². The lowest BCUT2D eigenvalue weighted by molar-refractivity contribution is -0.386. The maximum Gasteiger partial charge on any atom is 0.274 e. The number of para-hydroxylation sites is 1. The van der Waals surface area contributed by atoms with E-state index in [4.69, 9.17) is 28.4 Å². The quantitative estimate of drug-likeness (QED) is 0.0966. The zero-order valence-electron chi connectivity index (χ0n) is 26.2. The Hall–Kier alpha value is -3.96. The molecule has 0 amide bonds. The van der Waals surface area contributed by atoms with Gasteiger partial charge in [-0.05, 0) is 36.6 Å². The molecule has 1 aliphatic rings. The Morgan fingerprint density at radius 2 is 1.15 bits per heavy atom. The van der Waals surface area contributed by atoms with Crippen LogP contribution in [0.25, 0.3) is 0 Å². The van der Waals surface area contributed by atoms with Crippen LogP contribution in [0.3, 0.4) is 0 Å². The molecule has 242 valence electrons. The van der Waals surface area contributed by atoms with Gasteiger partial charge in [-0.2, -0.15) is 0 Å². The highest BCUT2D eigenvalue weighted by atomic mass is 16.7. The summed E-state index contributed by atoms with van der Waals surface area (Å²) in [6, 6.07) is 36.2. The van der Waals surface area contributed by atoms with Gasteiger partial charge in [0.1, 0.15) is 24.4 Å². The van der Waals surface area contributed by atoms with Gasteiger partial charge in [0.05, 0.1) is 49.6 Å². The van der Waals surface area contributed by atoms with E-state index in [1.807, 2.05) is 105 Å². The number of hydrogen-bond donors (Lipinski definition) is 0. The Balaban J connectivity index is 1.45. The molecule has 0 aliphatic carbocycles. The third-order valence-electron chi connectivity index (χ3n) is 7.58. The highest BCUT2D eigenvalue weighted by molar-refractivity contribution is 5.39. The molecule has 46 heavy (non-hydrogen) atoms. The van der Waals surface area contributed by atoms with Crippen LogP contribution in [0, 0.1) is 10.1 Å². The molecule has 1 saturated heterocycles. The largest absolute Gasteiger partial charge is 0.374 e. The standard InChI is InChI=1S/C37H41NO8/c1-27(2)45-37-36(44-25-31-20-12-13-21-32(31)38(39)40)35(43-24-30-18-10-5-11-19-30)34(42-23-29-16-8-4-9-17-29)33(46-37)26-41-22-28-14-6-3-7-15-28/h3-21,27,33-37H,22-26H2,1-2H3/t33-,34-,35+,36-,37-/m1/s1. The van der Waals surface area contributed by atoms with Crippen LogP contribution < -0.4 is 0 Å².